The fourth-order valence-corrected chi connectivity index (χ4v) is 1.80. The first-order chi connectivity index (χ1) is 8.04. The highest BCUT2D eigenvalue weighted by Gasteiger charge is 2.43. The first-order valence-corrected chi connectivity index (χ1v) is 5.08. The van der Waals surface area contributed by atoms with Crippen LogP contribution in [0.1, 0.15) is 6.23 Å². The molecule has 0 saturated carbocycles. The Balaban J connectivity index is 2.32. The smallest absolute Gasteiger partial charge is 0.256 e. The predicted octanol–water partition coefficient (Wildman–Crippen LogP) is -1.83. The van der Waals surface area contributed by atoms with Gasteiger partial charge in [-0.1, -0.05) is 0 Å². The Morgan fingerprint density at radius 3 is 2.59 bits per heavy atom. The molecule has 0 aromatic carbocycles. The zero-order valence-electron chi connectivity index (χ0n) is 8.80. The van der Waals surface area contributed by atoms with Crippen LogP contribution >= 0.6 is 0 Å². The summed E-state index contributed by atoms with van der Waals surface area (Å²) in [6, 6.07) is 2.23. The van der Waals surface area contributed by atoms with Gasteiger partial charge >= 0.3 is 0 Å². The van der Waals surface area contributed by atoms with E-state index in [9.17, 15) is 15.0 Å². The lowest BCUT2D eigenvalue weighted by Gasteiger charge is -2.17. The minimum absolute atomic E-state index is 0.196. The van der Waals surface area contributed by atoms with Crippen molar-refractivity contribution in [3.63, 3.8) is 0 Å². The molecule has 1 unspecified atom stereocenters. The number of hydrogen-bond donors (Lipinski definition) is 4. The van der Waals surface area contributed by atoms with Crippen LogP contribution in [0.4, 0.5) is 0 Å². The third-order valence-corrected chi connectivity index (χ3v) is 2.72. The lowest BCUT2D eigenvalue weighted by atomic mass is 10.1. The third-order valence-electron chi connectivity index (χ3n) is 2.72. The minimum Gasteiger partial charge on any atom is -0.508 e. The van der Waals surface area contributed by atoms with Crippen molar-refractivity contribution < 1.29 is 25.2 Å². The van der Waals surface area contributed by atoms with E-state index in [-0.39, 0.29) is 5.75 Å². The van der Waals surface area contributed by atoms with Gasteiger partial charge in [0.2, 0.25) is 0 Å². The Morgan fingerprint density at radius 1 is 1.35 bits per heavy atom. The largest absolute Gasteiger partial charge is 0.508 e. The molecule has 7 nitrogen and oxygen atoms in total. The van der Waals surface area contributed by atoms with Gasteiger partial charge in [-0.2, -0.15) is 0 Å². The van der Waals surface area contributed by atoms with E-state index < -0.39 is 36.7 Å². The SMILES string of the molecule is O=c1cc(O)ccn1C1O[C@H](CO)[C@@H](O)[C@H]1O. The van der Waals surface area contributed by atoms with Crippen LogP contribution in [0.25, 0.3) is 0 Å². The number of aromatic hydroxyl groups is 1. The van der Waals surface area contributed by atoms with Crippen molar-refractivity contribution in [1.82, 2.24) is 4.57 Å². The molecule has 4 atom stereocenters. The van der Waals surface area contributed by atoms with Gasteiger partial charge in [0.1, 0.15) is 24.1 Å². The van der Waals surface area contributed by atoms with E-state index in [0.29, 0.717) is 0 Å². The molecule has 1 aromatic heterocycles. The standard InChI is InChI=1S/C10H13NO6/c12-4-6-8(15)9(16)10(17-6)11-2-1-5(13)3-7(11)14/h1-3,6,8-10,12-13,15-16H,4H2/t6-,8-,9-,10?/m1/s1. The van der Waals surface area contributed by atoms with Crippen molar-refractivity contribution >= 4 is 0 Å². The molecule has 1 aliphatic rings. The quantitative estimate of drug-likeness (QED) is 0.486. The summed E-state index contributed by atoms with van der Waals surface area (Å²) < 4.78 is 6.22. The molecule has 1 aromatic rings. The summed E-state index contributed by atoms with van der Waals surface area (Å²) in [4.78, 5) is 11.5. The van der Waals surface area contributed by atoms with Gasteiger partial charge in [-0.05, 0) is 6.07 Å². The van der Waals surface area contributed by atoms with E-state index in [1.54, 1.807) is 0 Å². The summed E-state index contributed by atoms with van der Waals surface area (Å²) >= 11 is 0. The van der Waals surface area contributed by atoms with Crippen molar-refractivity contribution in [2.75, 3.05) is 6.61 Å². The summed E-state index contributed by atoms with van der Waals surface area (Å²) in [5.74, 6) is -0.196. The summed E-state index contributed by atoms with van der Waals surface area (Å²) in [6.07, 6.45) is -3.33. The maximum absolute atomic E-state index is 11.5. The van der Waals surface area contributed by atoms with Crippen LogP contribution in [-0.2, 0) is 4.74 Å². The molecule has 0 bridgehead atoms. The molecule has 1 saturated heterocycles. The van der Waals surface area contributed by atoms with Crippen LogP contribution in [0.5, 0.6) is 5.75 Å². The first kappa shape index (κ1) is 12.1. The number of ether oxygens (including phenoxy) is 1. The topological polar surface area (TPSA) is 112 Å². The Morgan fingerprint density at radius 2 is 2.06 bits per heavy atom. The highest BCUT2D eigenvalue weighted by Crippen LogP contribution is 2.28. The van der Waals surface area contributed by atoms with E-state index in [4.69, 9.17) is 14.9 Å². The van der Waals surface area contributed by atoms with Crippen LogP contribution in [0.2, 0.25) is 0 Å². The Bertz CT molecular complexity index is 458. The average molecular weight is 243 g/mol. The zero-order chi connectivity index (χ0) is 12.6. The van der Waals surface area contributed by atoms with Crippen LogP contribution in [0, 0.1) is 0 Å². The number of pyridine rings is 1. The maximum Gasteiger partial charge on any atom is 0.256 e. The van der Waals surface area contributed by atoms with Gasteiger partial charge in [0.05, 0.1) is 6.61 Å². The van der Waals surface area contributed by atoms with E-state index in [1.807, 2.05) is 0 Å². The molecular formula is C10H13NO6. The van der Waals surface area contributed by atoms with Gasteiger partial charge in [-0.3, -0.25) is 9.36 Å². The van der Waals surface area contributed by atoms with Gasteiger partial charge in [-0.25, -0.2) is 0 Å². The molecule has 0 spiro atoms. The molecule has 0 radical (unpaired) electrons. The first-order valence-electron chi connectivity index (χ1n) is 5.08. The van der Waals surface area contributed by atoms with Crippen LogP contribution < -0.4 is 5.56 Å². The zero-order valence-corrected chi connectivity index (χ0v) is 8.80. The van der Waals surface area contributed by atoms with E-state index >= 15 is 0 Å². The molecule has 1 fully saturated rings. The Hall–Kier alpha value is -1.41. The molecule has 7 heteroatoms. The third kappa shape index (κ3) is 2.05. The highest BCUT2D eigenvalue weighted by molar-refractivity contribution is 5.16. The number of rotatable bonds is 2. The van der Waals surface area contributed by atoms with Crippen molar-refractivity contribution in [3.8, 4) is 5.75 Å². The van der Waals surface area contributed by atoms with Gasteiger partial charge in [0.25, 0.3) is 5.56 Å². The second-order valence-corrected chi connectivity index (χ2v) is 3.86. The van der Waals surface area contributed by atoms with Gasteiger partial charge in [-0.15, -0.1) is 0 Å². The van der Waals surface area contributed by atoms with Crippen molar-refractivity contribution in [3.05, 3.63) is 28.7 Å². The van der Waals surface area contributed by atoms with Gasteiger partial charge < -0.3 is 25.2 Å². The number of aromatic nitrogens is 1. The molecular weight excluding hydrogens is 230 g/mol. The lowest BCUT2D eigenvalue weighted by Crippen LogP contribution is -2.35. The second kappa shape index (κ2) is 4.46. The van der Waals surface area contributed by atoms with Crippen molar-refractivity contribution in [1.29, 1.82) is 0 Å². The summed E-state index contributed by atoms with van der Waals surface area (Å²) in [5, 5.41) is 37.2. The van der Waals surface area contributed by atoms with Gasteiger partial charge in [0, 0.05) is 12.3 Å². The van der Waals surface area contributed by atoms with Gasteiger partial charge in [0.15, 0.2) is 6.23 Å². The number of aliphatic hydroxyl groups excluding tert-OH is 3. The average Bonchev–Trinajstić information content (AvgIpc) is 2.57. The Labute approximate surface area is 96.1 Å². The van der Waals surface area contributed by atoms with E-state index in [2.05, 4.69) is 0 Å². The number of aliphatic hydroxyl groups is 3. The minimum atomic E-state index is -1.31. The fourth-order valence-electron chi connectivity index (χ4n) is 1.80. The molecule has 2 heterocycles. The van der Waals surface area contributed by atoms with Crippen LogP contribution in [0.3, 0.4) is 0 Å². The fraction of sp³-hybridized carbons (Fsp3) is 0.500. The molecule has 94 valence electrons. The predicted molar refractivity (Wildman–Crippen MR) is 55.4 cm³/mol. The maximum atomic E-state index is 11.5. The van der Waals surface area contributed by atoms with Crippen LogP contribution in [-0.4, -0.2) is 49.9 Å². The molecule has 4 N–H and O–H groups in total. The summed E-state index contributed by atoms with van der Waals surface area (Å²) in [5.41, 5.74) is -0.570. The highest BCUT2D eigenvalue weighted by atomic mass is 16.6. The van der Waals surface area contributed by atoms with Crippen LogP contribution in [0.15, 0.2) is 23.1 Å². The summed E-state index contributed by atoms with van der Waals surface area (Å²) in [7, 11) is 0. The molecule has 1 aliphatic heterocycles. The Kier molecular flexibility index (Phi) is 3.16. The molecule has 17 heavy (non-hydrogen) atoms. The van der Waals surface area contributed by atoms with E-state index in [0.717, 1.165) is 10.6 Å². The lowest BCUT2D eigenvalue weighted by molar-refractivity contribution is -0.0544. The van der Waals surface area contributed by atoms with E-state index in [1.165, 1.54) is 12.3 Å². The summed E-state index contributed by atoms with van der Waals surface area (Å²) in [6.45, 7) is -0.457. The number of nitrogens with zero attached hydrogens (tertiary/aromatic N) is 1. The molecule has 0 aliphatic carbocycles. The normalized spacial score (nSPS) is 32.9. The second-order valence-electron chi connectivity index (χ2n) is 3.86. The molecule has 2 rings (SSSR count). The monoisotopic (exact) mass is 243 g/mol. The van der Waals surface area contributed by atoms with Crippen molar-refractivity contribution in [2.24, 2.45) is 0 Å². The molecule has 0 amide bonds. The van der Waals surface area contributed by atoms with Crippen molar-refractivity contribution in [2.45, 2.75) is 24.5 Å². The number of hydrogen-bond acceptors (Lipinski definition) is 6.